The van der Waals surface area contributed by atoms with Gasteiger partial charge in [-0.05, 0) is 38.8 Å². The lowest BCUT2D eigenvalue weighted by atomic mass is 9.82. The number of thiol groups is 1. The van der Waals surface area contributed by atoms with Crippen molar-refractivity contribution in [2.24, 2.45) is 0 Å². The summed E-state index contributed by atoms with van der Waals surface area (Å²) in [6.07, 6.45) is 3.00. The Balaban J connectivity index is 2.09. The number of carbonyl (C=O) groups is 1. The number of nitrogens with zero attached hydrogens (tertiary/aromatic N) is 1. The fourth-order valence-electron chi connectivity index (χ4n) is 2.98. The first-order chi connectivity index (χ1) is 9.84. The van der Waals surface area contributed by atoms with Crippen LogP contribution in [0.5, 0.6) is 0 Å². The molecule has 21 heavy (non-hydrogen) atoms. The number of carboxylic acid groups (broad SMARTS) is 1. The second kappa shape index (κ2) is 6.22. The molecule has 0 unspecified atom stereocenters. The SMILES string of the molecule is CC1=[N+](CCCCCC(=O)O)c2ccc(S)cc2C1(C)C. The van der Waals surface area contributed by atoms with Crippen LogP contribution < -0.4 is 0 Å². The minimum absolute atomic E-state index is 0.0368. The summed E-state index contributed by atoms with van der Waals surface area (Å²) in [5.74, 6) is -0.702. The Morgan fingerprint density at radius 2 is 2.00 bits per heavy atom. The first kappa shape index (κ1) is 16.1. The molecule has 114 valence electrons. The molecule has 1 N–H and O–H groups in total. The molecule has 1 aliphatic rings. The molecule has 0 saturated carbocycles. The highest BCUT2D eigenvalue weighted by atomic mass is 32.1. The predicted molar refractivity (Wildman–Crippen MR) is 88.3 cm³/mol. The third-order valence-corrected chi connectivity index (χ3v) is 4.80. The molecular weight excluding hydrogens is 282 g/mol. The van der Waals surface area contributed by atoms with Gasteiger partial charge in [-0.3, -0.25) is 4.79 Å². The van der Waals surface area contributed by atoms with Gasteiger partial charge in [0.2, 0.25) is 5.69 Å². The number of carboxylic acids is 1. The molecule has 1 aromatic rings. The van der Waals surface area contributed by atoms with E-state index in [9.17, 15) is 4.79 Å². The van der Waals surface area contributed by atoms with Gasteiger partial charge in [-0.25, -0.2) is 0 Å². The molecule has 1 aromatic carbocycles. The van der Waals surface area contributed by atoms with Crippen LogP contribution >= 0.6 is 12.6 Å². The zero-order chi connectivity index (χ0) is 15.6. The summed E-state index contributed by atoms with van der Waals surface area (Å²) in [4.78, 5) is 11.5. The molecule has 0 saturated heterocycles. The van der Waals surface area contributed by atoms with E-state index in [2.05, 4.69) is 50.1 Å². The highest BCUT2D eigenvalue weighted by Crippen LogP contribution is 2.40. The first-order valence-corrected chi connectivity index (χ1v) is 7.95. The number of aliphatic carboxylic acids is 1. The van der Waals surface area contributed by atoms with Crippen molar-refractivity contribution in [3.05, 3.63) is 23.8 Å². The lowest BCUT2D eigenvalue weighted by Gasteiger charge is -2.15. The molecule has 0 atom stereocenters. The molecule has 1 heterocycles. The summed E-state index contributed by atoms with van der Waals surface area (Å²) >= 11 is 4.45. The van der Waals surface area contributed by atoms with E-state index >= 15 is 0 Å². The number of hydrogen-bond acceptors (Lipinski definition) is 2. The lowest BCUT2D eigenvalue weighted by molar-refractivity contribution is -0.439. The Labute approximate surface area is 132 Å². The van der Waals surface area contributed by atoms with Gasteiger partial charge in [0.25, 0.3) is 0 Å². The van der Waals surface area contributed by atoms with Crippen LogP contribution in [-0.2, 0) is 10.2 Å². The average Bonchev–Trinajstić information content (AvgIpc) is 2.59. The Hall–Kier alpha value is -1.29. The van der Waals surface area contributed by atoms with E-state index in [0.29, 0.717) is 0 Å². The second-order valence-corrected chi connectivity index (χ2v) is 6.78. The van der Waals surface area contributed by atoms with Crippen LogP contribution in [0.15, 0.2) is 23.1 Å². The maximum Gasteiger partial charge on any atom is 0.303 e. The smallest absolute Gasteiger partial charge is 0.303 e. The minimum Gasteiger partial charge on any atom is -0.481 e. The molecule has 2 rings (SSSR count). The van der Waals surface area contributed by atoms with Crippen LogP contribution in [0.2, 0.25) is 0 Å². The van der Waals surface area contributed by atoms with E-state index in [1.807, 2.05) is 6.07 Å². The third-order valence-electron chi connectivity index (χ3n) is 4.53. The van der Waals surface area contributed by atoms with E-state index in [-0.39, 0.29) is 11.8 Å². The fraction of sp³-hybridized carbons (Fsp3) is 0.529. The Kier molecular flexibility index (Phi) is 4.77. The summed E-state index contributed by atoms with van der Waals surface area (Å²) in [7, 11) is 0. The van der Waals surface area contributed by atoms with Crippen molar-refractivity contribution in [2.45, 2.75) is 56.8 Å². The van der Waals surface area contributed by atoms with Crippen LogP contribution in [-0.4, -0.2) is 27.9 Å². The lowest BCUT2D eigenvalue weighted by Crippen LogP contribution is -2.26. The van der Waals surface area contributed by atoms with Gasteiger partial charge in [-0.1, -0.05) is 0 Å². The molecule has 0 amide bonds. The van der Waals surface area contributed by atoms with Crippen molar-refractivity contribution in [2.75, 3.05) is 6.54 Å². The maximum absolute atomic E-state index is 10.5. The molecule has 1 aliphatic heterocycles. The molecule has 0 aliphatic carbocycles. The summed E-state index contributed by atoms with van der Waals surface area (Å²) in [6, 6.07) is 6.34. The average molecular weight is 306 g/mol. The number of fused-ring (bicyclic) bond motifs is 1. The molecule has 0 spiro atoms. The number of rotatable bonds is 6. The molecule has 0 bridgehead atoms. The van der Waals surface area contributed by atoms with Gasteiger partial charge in [0.05, 0.1) is 5.41 Å². The normalized spacial score (nSPS) is 16.2. The van der Waals surface area contributed by atoms with E-state index < -0.39 is 5.97 Å². The van der Waals surface area contributed by atoms with Crippen LogP contribution in [0.25, 0.3) is 0 Å². The Bertz CT molecular complexity index is 590. The molecule has 3 nitrogen and oxygen atoms in total. The summed E-state index contributed by atoms with van der Waals surface area (Å²) < 4.78 is 2.38. The van der Waals surface area contributed by atoms with Gasteiger partial charge in [0.1, 0.15) is 6.54 Å². The van der Waals surface area contributed by atoms with Gasteiger partial charge in [-0.2, -0.15) is 4.58 Å². The quantitative estimate of drug-likeness (QED) is 0.473. The van der Waals surface area contributed by atoms with Crippen molar-refractivity contribution in [3.63, 3.8) is 0 Å². The van der Waals surface area contributed by atoms with Crippen molar-refractivity contribution in [3.8, 4) is 0 Å². The van der Waals surface area contributed by atoms with Gasteiger partial charge < -0.3 is 5.11 Å². The van der Waals surface area contributed by atoms with Crippen molar-refractivity contribution < 1.29 is 14.5 Å². The van der Waals surface area contributed by atoms with Gasteiger partial charge in [-0.15, -0.1) is 12.6 Å². The zero-order valence-corrected chi connectivity index (χ0v) is 13.9. The van der Waals surface area contributed by atoms with Crippen molar-refractivity contribution in [1.29, 1.82) is 0 Å². The van der Waals surface area contributed by atoms with E-state index in [4.69, 9.17) is 5.11 Å². The highest BCUT2D eigenvalue weighted by Gasteiger charge is 2.42. The topological polar surface area (TPSA) is 40.3 Å². The van der Waals surface area contributed by atoms with Crippen LogP contribution in [0, 0.1) is 0 Å². The molecule has 4 heteroatoms. The number of unbranched alkanes of at least 4 members (excludes halogenated alkanes) is 2. The fourth-order valence-corrected chi connectivity index (χ4v) is 3.19. The van der Waals surface area contributed by atoms with E-state index in [1.54, 1.807) is 0 Å². The monoisotopic (exact) mass is 306 g/mol. The summed E-state index contributed by atoms with van der Waals surface area (Å²) in [5.41, 5.74) is 4.00. The maximum atomic E-state index is 10.5. The van der Waals surface area contributed by atoms with Gasteiger partial charge in [0.15, 0.2) is 5.71 Å². The Morgan fingerprint density at radius 1 is 1.29 bits per heavy atom. The van der Waals surface area contributed by atoms with Crippen LogP contribution in [0.4, 0.5) is 5.69 Å². The summed E-state index contributed by atoms with van der Waals surface area (Å²) in [5, 5.41) is 8.67. The second-order valence-electron chi connectivity index (χ2n) is 6.27. The molecular formula is C17H24NO2S+. The standard InChI is InChI=1S/C17H23NO2S/c1-12-17(2,3)14-11-13(21)8-9-15(14)18(12)10-6-4-5-7-16(19)20/h8-9,11H,4-7,10H2,1-3H3,(H-,19,20,21)/p+1. The van der Waals surface area contributed by atoms with E-state index in [0.717, 1.165) is 30.7 Å². The largest absolute Gasteiger partial charge is 0.481 e. The molecule has 0 radical (unpaired) electrons. The Morgan fingerprint density at radius 3 is 2.67 bits per heavy atom. The van der Waals surface area contributed by atoms with Crippen molar-refractivity contribution >= 4 is 30.0 Å². The summed E-state index contributed by atoms with van der Waals surface area (Å²) in [6.45, 7) is 7.64. The van der Waals surface area contributed by atoms with Crippen LogP contribution in [0.3, 0.4) is 0 Å². The van der Waals surface area contributed by atoms with Crippen LogP contribution in [0.1, 0.15) is 52.0 Å². The first-order valence-electron chi connectivity index (χ1n) is 7.51. The number of hydrogen-bond donors (Lipinski definition) is 2. The predicted octanol–water partition coefficient (Wildman–Crippen LogP) is 4.02. The third kappa shape index (κ3) is 3.31. The zero-order valence-electron chi connectivity index (χ0n) is 13.0. The molecule has 0 aromatic heterocycles. The van der Waals surface area contributed by atoms with Crippen molar-refractivity contribution in [1.82, 2.24) is 0 Å². The van der Waals surface area contributed by atoms with Gasteiger partial charge in [0, 0.05) is 36.3 Å². The highest BCUT2D eigenvalue weighted by molar-refractivity contribution is 7.80. The van der Waals surface area contributed by atoms with Gasteiger partial charge >= 0.3 is 5.97 Å². The minimum atomic E-state index is -0.702. The van der Waals surface area contributed by atoms with E-state index in [1.165, 1.54) is 17.0 Å². The molecule has 0 fully saturated rings. The number of benzene rings is 1.